The van der Waals surface area contributed by atoms with E-state index in [9.17, 15) is 4.79 Å². The number of halogens is 1. The Hall–Kier alpha value is -0.500. The molecule has 0 unspecified atom stereocenters. The number of nitrogens with zero attached hydrogens (tertiary/aromatic N) is 1. The van der Waals surface area contributed by atoms with Gasteiger partial charge in [0.1, 0.15) is 5.38 Å². The fraction of sp³-hybridized carbons (Fsp3) is 0.700. The Kier molecular flexibility index (Phi) is 3.37. The van der Waals surface area contributed by atoms with Gasteiger partial charge in [-0.1, -0.05) is 11.1 Å². The van der Waals surface area contributed by atoms with Gasteiger partial charge in [0.15, 0.2) is 0 Å². The van der Waals surface area contributed by atoms with Crippen LogP contribution in [-0.4, -0.2) is 29.3 Å². The van der Waals surface area contributed by atoms with Gasteiger partial charge < -0.3 is 4.90 Å². The van der Waals surface area contributed by atoms with Crippen molar-refractivity contribution in [1.82, 2.24) is 4.90 Å². The molecule has 0 N–H and O–H groups in total. The van der Waals surface area contributed by atoms with Gasteiger partial charge in [-0.3, -0.25) is 4.79 Å². The number of rotatable bonds is 1. The molecule has 2 nitrogen and oxygen atoms in total. The second kappa shape index (κ2) is 4.14. The van der Waals surface area contributed by atoms with E-state index in [1.54, 1.807) is 6.92 Å². The Morgan fingerprint density at radius 1 is 1.46 bits per heavy atom. The molecular weight excluding hydrogens is 186 g/mol. The predicted octanol–water partition coefficient (Wildman–Crippen LogP) is 2.18. The quantitative estimate of drug-likeness (QED) is 0.471. The molecule has 1 heterocycles. The zero-order valence-corrected chi connectivity index (χ0v) is 9.19. The van der Waals surface area contributed by atoms with E-state index in [0.717, 1.165) is 19.5 Å². The van der Waals surface area contributed by atoms with E-state index in [-0.39, 0.29) is 5.91 Å². The molecule has 0 saturated heterocycles. The van der Waals surface area contributed by atoms with Crippen LogP contribution in [-0.2, 0) is 4.79 Å². The van der Waals surface area contributed by atoms with Gasteiger partial charge in [-0.15, -0.1) is 11.6 Å². The lowest BCUT2D eigenvalue weighted by Gasteiger charge is -2.29. The molecule has 0 radical (unpaired) electrons. The van der Waals surface area contributed by atoms with Crippen LogP contribution in [0.3, 0.4) is 0 Å². The minimum Gasteiger partial charge on any atom is -0.337 e. The van der Waals surface area contributed by atoms with Crippen molar-refractivity contribution in [2.45, 2.75) is 32.6 Å². The van der Waals surface area contributed by atoms with E-state index in [1.165, 1.54) is 11.1 Å². The van der Waals surface area contributed by atoms with E-state index in [2.05, 4.69) is 13.8 Å². The van der Waals surface area contributed by atoms with Gasteiger partial charge in [-0.25, -0.2) is 0 Å². The van der Waals surface area contributed by atoms with Crippen LogP contribution in [0.1, 0.15) is 27.2 Å². The first kappa shape index (κ1) is 10.6. The molecule has 74 valence electrons. The summed E-state index contributed by atoms with van der Waals surface area (Å²) in [5.41, 5.74) is 2.71. The van der Waals surface area contributed by atoms with Gasteiger partial charge in [0, 0.05) is 13.1 Å². The maximum absolute atomic E-state index is 11.5. The number of alkyl halides is 1. The molecule has 0 aliphatic carbocycles. The van der Waals surface area contributed by atoms with Crippen molar-refractivity contribution in [2.24, 2.45) is 0 Å². The average Bonchev–Trinajstić information content (AvgIpc) is 2.08. The summed E-state index contributed by atoms with van der Waals surface area (Å²) in [7, 11) is 0. The summed E-state index contributed by atoms with van der Waals surface area (Å²) in [5.74, 6) is 0.0496. The topological polar surface area (TPSA) is 20.3 Å². The predicted molar refractivity (Wildman–Crippen MR) is 54.9 cm³/mol. The number of carbonyl (C=O) groups excluding carboxylic acids is 1. The van der Waals surface area contributed by atoms with E-state index in [1.807, 2.05) is 4.90 Å². The summed E-state index contributed by atoms with van der Waals surface area (Å²) < 4.78 is 0. The van der Waals surface area contributed by atoms with Crippen molar-refractivity contribution in [3.63, 3.8) is 0 Å². The molecule has 1 aliphatic heterocycles. The second-order valence-electron chi connectivity index (χ2n) is 3.69. The Bertz CT molecular complexity index is 245. The summed E-state index contributed by atoms with van der Waals surface area (Å²) in [6.45, 7) is 7.50. The Morgan fingerprint density at radius 3 is 2.54 bits per heavy atom. The normalized spacial score (nSPS) is 20.5. The number of carbonyl (C=O) groups is 1. The molecule has 1 aliphatic rings. The second-order valence-corrected chi connectivity index (χ2v) is 4.34. The molecule has 13 heavy (non-hydrogen) atoms. The van der Waals surface area contributed by atoms with Crippen LogP contribution < -0.4 is 0 Å². The lowest BCUT2D eigenvalue weighted by Crippen LogP contribution is -2.39. The SMILES string of the molecule is CC1=C(C)CN(C(=O)[C@@H](C)Cl)CC1. The van der Waals surface area contributed by atoms with Crippen LogP contribution >= 0.6 is 11.6 Å². The van der Waals surface area contributed by atoms with E-state index < -0.39 is 5.38 Å². The van der Waals surface area contributed by atoms with Crippen LogP contribution in [0, 0.1) is 0 Å². The molecule has 0 aromatic heterocycles. The monoisotopic (exact) mass is 201 g/mol. The average molecular weight is 202 g/mol. The highest BCUT2D eigenvalue weighted by Crippen LogP contribution is 2.18. The fourth-order valence-electron chi connectivity index (χ4n) is 1.46. The maximum Gasteiger partial charge on any atom is 0.240 e. The van der Waals surface area contributed by atoms with Gasteiger partial charge in [0.05, 0.1) is 0 Å². The third-order valence-electron chi connectivity index (χ3n) is 2.57. The van der Waals surface area contributed by atoms with Gasteiger partial charge in [-0.2, -0.15) is 0 Å². The molecule has 0 aromatic rings. The van der Waals surface area contributed by atoms with Crippen molar-refractivity contribution >= 4 is 17.5 Å². The van der Waals surface area contributed by atoms with Crippen molar-refractivity contribution in [2.75, 3.05) is 13.1 Å². The zero-order chi connectivity index (χ0) is 10.0. The van der Waals surface area contributed by atoms with Crippen molar-refractivity contribution < 1.29 is 4.79 Å². The fourth-order valence-corrected chi connectivity index (χ4v) is 1.59. The Labute approximate surface area is 84.6 Å². The first-order valence-corrected chi connectivity index (χ1v) is 5.04. The molecule has 1 atom stereocenters. The Balaban J connectivity index is 2.63. The molecular formula is C10H16ClNO. The molecule has 0 aromatic carbocycles. The molecule has 0 saturated carbocycles. The number of hydrogen-bond acceptors (Lipinski definition) is 1. The van der Waals surface area contributed by atoms with Crippen molar-refractivity contribution in [1.29, 1.82) is 0 Å². The molecule has 0 bridgehead atoms. The molecule has 1 rings (SSSR count). The van der Waals surface area contributed by atoms with Crippen LogP contribution in [0.15, 0.2) is 11.1 Å². The lowest BCUT2D eigenvalue weighted by atomic mass is 10.0. The van der Waals surface area contributed by atoms with Gasteiger partial charge in [-0.05, 0) is 27.2 Å². The smallest absolute Gasteiger partial charge is 0.240 e. The highest BCUT2D eigenvalue weighted by molar-refractivity contribution is 6.30. The van der Waals surface area contributed by atoms with E-state index in [0.29, 0.717) is 0 Å². The molecule has 0 spiro atoms. The van der Waals surface area contributed by atoms with Crippen LogP contribution in [0.4, 0.5) is 0 Å². The first-order valence-electron chi connectivity index (χ1n) is 4.60. The van der Waals surface area contributed by atoms with Gasteiger partial charge >= 0.3 is 0 Å². The molecule has 0 fully saturated rings. The third kappa shape index (κ3) is 2.47. The summed E-state index contributed by atoms with van der Waals surface area (Å²) in [6, 6.07) is 0. The van der Waals surface area contributed by atoms with E-state index in [4.69, 9.17) is 11.6 Å². The lowest BCUT2D eigenvalue weighted by molar-refractivity contribution is -0.130. The summed E-state index contributed by atoms with van der Waals surface area (Å²) in [5, 5.41) is -0.397. The van der Waals surface area contributed by atoms with Crippen LogP contribution in [0.2, 0.25) is 0 Å². The molecule has 3 heteroatoms. The standard InChI is InChI=1S/C10H16ClNO/c1-7-4-5-12(6-8(7)2)10(13)9(3)11/h9H,4-6H2,1-3H3/t9-/m1/s1. The minimum absolute atomic E-state index is 0.0496. The summed E-state index contributed by atoms with van der Waals surface area (Å²) in [4.78, 5) is 13.4. The van der Waals surface area contributed by atoms with Crippen molar-refractivity contribution in [3.05, 3.63) is 11.1 Å². The van der Waals surface area contributed by atoms with Gasteiger partial charge in [0.25, 0.3) is 0 Å². The third-order valence-corrected chi connectivity index (χ3v) is 2.75. The highest BCUT2D eigenvalue weighted by atomic mass is 35.5. The molecule has 1 amide bonds. The highest BCUT2D eigenvalue weighted by Gasteiger charge is 2.21. The van der Waals surface area contributed by atoms with Crippen molar-refractivity contribution in [3.8, 4) is 0 Å². The first-order chi connectivity index (χ1) is 6.02. The number of hydrogen-bond donors (Lipinski definition) is 0. The summed E-state index contributed by atoms with van der Waals surface area (Å²) in [6.07, 6.45) is 0.987. The Morgan fingerprint density at radius 2 is 2.08 bits per heavy atom. The largest absolute Gasteiger partial charge is 0.337 e. The van der Waals surface area contributed by atoms with Gasteiger partial charge in [0.2, 0.25) is 5.91 Å². The van der Waals surface area contributed by atoms with Crippen LogP contribution in [0.5, 0.6) is 0 Å². The van der Waals surface area contributed by atoms with Crippen LogP contribution in [0.25, 0.3) is 0 Å². The number of amides is 1. The van der Waals surface area contributed by atoms with E-state index >= 15 is 0 Å². The summed E-state index contributed by atoms with van der Waals surface area (Å²) >= 11 is 5.74. The maximum atomic E-state index is 11.5. The zero-order valence-electron chi connectivity index (χ0n) is 8.43. The minimum atomic E-state index is -0.397.